The van der Waals surface area contributed by atoms with E-state index in [9.17, 15) is 14.7 Å². The zero-order valence-corrected chi connectivity index (χ0v) is 23.1. The van der Waals surface area contributed by atoms with Crippen molar-refractivity contribution in [1.82, 2.24) is 24.6 Å². The van der Waals surface area contributed by atoms with E-state index < -0.39 is 0 Å². The summed E-state index contributed by atoms with van der Waals surface area (Å²) >= 11 is 0. The van der Waals surface area contributed by atoms with E-state index in [-0.39, 0.29) is 42.4 Å². The molecule has 3 atom stereocenters. The van der Waals surface area contributed by atoms with E-state index in [1.807, 2.05) is 39.9 Å². The molecule has 0 unspecified atom stereocenters. The number of rotatable bonds is 8. The van der Waals surface area contributed by atoms with Crippen molar-refractivity contribution in [2.75, 3.05) is 67.0 Å². The van der Waals surface area contributed by atoms with Gasteiger partial charge in [-0.3, -0.25) is 14.5 Å². The largest absolute Gasteiger partial charge is 0.472 e. The van der Waals surface area contributed by atoms with Crippen molar-refractivity contribution in [2.24, 2.45) is 5.92 Å². The standard InChI is InChI=1S/C28H43N5O4/c1-21-18-33(22(2)20-34)28(36)24-16-23(10-9-12-30(3)4)17-29-27(24)37-25(21)19-31(5)26(35)11-15-32-13-7-6-8-14-32/h16-17,21-22,25,34H,6-8,11-15,18-20H2,1-5H3/t21-,22+,25+/m1/s1. The highest BCUT2D eigenvalue weighted by molar-refractivity contribution is 5.97. The minimum atomic E-state index is -0.367. The number of aromatic nitrogens is 1. The van der Waals surface area contributed by atoms with Gasteiger partial charge in [0, 0.05) is 44.2 Å². The second-order valence-electron chi connectivity index (χ2n) is 10.7. The first kappa shape index (κ1) is 28.9. The summed E-state index contributed by atoms with van der Waals surface area (Å²) in [6.07, 6.45) is 5.42. The average Bonchev–Trinajstić information content (AvgIpc) is 2.89. The normalized spacial score (nSPS) is 21.3. The number of carbonyl (C=O) groups is 2. The van der Waals surface area contributed by atoms with Crippen molar-refractivity contribution in [3.8, 4) is 17.7 Å². The Labute approximate surface area is 221 Å². The first-order valence-corrected chi connectivity index (χ1v) is 13.4. The molecule has 1 aromatic rings. The second-order valence-corrected chi connectivity index (χ2v) is 10.7. The molecular formula is C28H43N5O4. The zero-order valence-electron chi connectivity index (χ0n) is 23.1. The predicted octanol–water partition coefficient (Wildman–Crippen LogP) is 1.55. The van der Waals surface area contributed by atoms with Crippen molar-refractivity contribution in [3.05, 3.63) is 23.4 Å². The number of aliphatic hydroxyl groups is 1. The van der Waals surface area contributed by atoms with Gasteiger partial charge < -0.3 is 24.5 Å². The molecule has 1 saturated heterocycles. The minimum Gasteiger partial charge on any atom is -0.472 e. The number of hydrogen-bond donors (Lipinski definition) is 1. The molecule has 0 spiro atoms. The van der Waals surface area contributed by atoms with E-state index in [0.29, 0.717) is 37.2 Å². The number of carbonyl (C=O) groups excluding carboxylic acids is 2. The van der Waals surface area contributed by atoms with Gasteiger partial charge in [0.1, 0.15) is 11.7 Å². The number of fused-ring (bicyclic) bond motifs is 1. The molecule has 9 heteroatoms. The summed E-state index contributed by atoms with van der Waals surface area (Å²) in [5.41, 5.74) is 0.956. The van der Waals surface area contributed by atoms with Gasteiger partial charge in [0.05, 0.1) is 25.7 Å². The Morgan fingerprint density at radius 3 is 2.68 bits per heavy atom. The second kappa shape index (κ2) is 13.8. The summed E-state index contributed by atoms with van der Waals surface area (Å²) in [7, 11) is 5.69. The summed E-state index contributed by atoms with van der Waals surface area (Å²) < 4.78 is 6.31. The number of piperidine rings is 1. The Balaban J connectivity index is 1.79. The lowest BCUT2D eigenvalue weighted by Crippen LogP contribution is -2.50. The number of hydrogen-bond acceptors (Lipinski definition) is 7. The molecule has 3 rings (SSSR count). The van der Waals surface area contributed by atoms with Crippen LogP contribution in [0.15, 0.2) is 12.3 Å². The van der Waals surface area contributed by atoms with Gasteiger partial charge in [-0.1, -0.05) is 25.2 Å². The van der Waals surface area contributed by atoms with E-state index in [1.54, 1.807) is 22.1 Å². The fourth-order valence-electron chi connectivity index (χ4n) is 4.69. The maximum atomic E-state index is 13.5. The van der Waals surface area contributed by atoms with Crippen LogP contribution in [0.2, 0.25) is 0 Å². The lowest BCUT2D eigenvalue weighted by Gasteiger charge is -2.37. The maximum absolute atomic E-state index is 13.5. The van der Waals surface area contributed by atoms with Gasteiger partial charge in [-0.05, 0) is 53.0 Å². The highest BCUT2D eigenvalue weighted by atomic mass is 16.5. The molecule has 1 aromatic heterocycles. The van der Waals surface area contributed by atoms with E-state index in [2.05, 4.69) is 21.7 Å². The highest BCUT2D eigenvalue weighted by Gasteiger charge is 2.34. The Morgan fingerprint density at radius 1 is 1.27 bits per heavy atom. The van der Waals surface area contributed by atoms with Gasteiger partial charge in [-0.2, -0.15) is 0 Å². The minimum absolute atomic E-state index is 0.0789. The van der Waals surface area contributed by atoms with Crippen LogP contribution >= 0.6 is 0 Å². The van der Waals surface area contributed by atoms with Gasteiger partial charge in [0.25, 0.3) is 5.91 Å². The molecule has 0 bridgehead atoms. The Kier molecular flexibility index (Phi) is 10.7. The van der Waals surface area contributed by atoms with Crippen molar-refractivity contribution >= 4 is 11.8 Å². The van der Waals surface area contributed by atoms with Gasteiger partial charge in [0.2, 0.25) is 11.8 Å². The van der Waals surface area contributed by atoms with Gasteiger partial charge >= 0.3 is 0 Å². The summed E-state index contributed by atoms with van der Waals surface area (Å²) in [5, 5.41) is 9.85. The van der Waals surface area contributed by atoms with Crippen molar-refractivity contribution in [2.45, 2.75) is 51.7 Å². The molecule has 3 heterocycles. The van der Waals surface area contributed by atoms with Gasteiger partial charge in [-0.25, -0.2) is 4.98 Å². The first-order chi connectivity index (χ1) is 17.7. The Bertz CT molecular complexity index is 983. The van der Waals surface area contributed by atoms with Crippen LogP contribution in [0.1, 0.15) is 55.5 Å². The SMILES string of the molecule is C[C@@H]1CN([C@@H](C)CO)C(=O)c2cc(C#CCN(C)C)cnc2O[C@H]1CN(C)C(=O)CCN1CCCCC1. The molecule has 2 aliphatic heterocycles. The molecule has 204 valence electrons. The van der Waals surface area contributed by atoms with Crippen LogP contribution in [0.25, 0.3) is 0 Å². The van der Waals surface area contributed by atoms with Crippen LogP contribution in [0.3, 0.4) is 0 Å². The third-order valence-corrected chi connectivity index (χ3v) is 7.12. The van der Waals surface area contributed by atoms with Crippen LogP contribution in [-0.4, -0.2) is 121 Å². The van der Waals surface area contributed by atoms with E-state index in [0.717, 1.165) is 19.6 Å². The number of aliphatic hydroxyl groups excluding tert-OH is 1. The van der Waals surface area contributed by atoms with Crippen LogP contribution < -0.4 is 4.74 Å². The molecule has 0 radical (unpaired) electrons. The fraction of sp³-hybridized carbons (Fsp3) is 0.679. The van der Waals surface area contributed by atoms with E-state index in [4.69, 9.17) is 4.74 Å². The number of amides is 2. The van der Waals surface area contributed by atoms with Crippen LogP contribution in [-0.2, 0) is 4.79 Å². The molecule has 2 amide bonds. The molecule has 0 saturated carbocycles. The van der Waals surface area contributed by atoms with Crippen LogP contribution in [0, 0.1) is 17.8 Å². The van der Waals surface area contributed by atoms with Gasteiger partial charge in [-0.15, -0.1) is 0 Å². The van der Waals surface area contributed by atoms with E-state index in [1.165, 1.54) is 19.3 Å². The van der Waals surface area contributed by atoms with Crippen molar-refractivity contribution < 1.29 is 19.4 Å². The Morgan fingerprint density at radius 2 is 2.00 bits per heavy atom. The quantitative estimate of drug-likeness (QED) is 0.528. The summed E-state index contributed by atoms with van der Waals surface area (Å²) in [5.74, 6) is 6.14. The average molecular weight is 514 g/mol. The third-order valence-electron chi connectivity index (χ3n) is 7.12. The summed E-state index contributed by atoms with van der Waals surface area (Å²) in [4.78, 5) is 38.7. The van der Waals surface area contributed by atoms with Crippen LogP contribution in [0.5, 0.6) is 5.88 Å². The number of ether oxygens (including phenoxy) is 1. The smallest absolute Gasteiger partial charge is 0.259 e. The monoisotopic (exact) mass is 513 g/mol. The molecular weight excluding hydrogens is 470 g/mol. The number of pyridine rings is 1. The van der Waals surface area contributed by atoms with E-state index >= 15 is 0 Å². The van der Waals surface area contributed by atoms with Crippen molar-refractivity contribution in [3.63, 3.8) is 0 Å². The lowest BCUT2D eigenvalue weighted by molar-refractivity contribution is -0.131. The van der Waals surface area contributed by atoms with Crippen molar-refractivity contribution in [1.29, 1.82) is 0 Å². The zero-order chi connectivity index (χ0) is 26.9. The lowest BCUT2D eigenvalue weighted by atomic mass is 9.99. The highest BCUT2D eigenvalue weighted by Crippen LogP contribution is 2.27. The maximum Gasteiger partial charge on any atom is 0.259 e. The molecule has 0 aromatic carbocycles. The molecule has 1 fully saturated rings. The van der Waals surface area contributed by atoms with Gasteiger partial charge in [0.15, 0.2) is 0 Å². The number of likely N-dealkylation sites (tertiary alicyclic amines) is 1. The number of nitrogens with zero attached hydrogens (tertiary/aromatic N) is 5. The van der Waals surface area contributed by atoms with Crippen LogP contribution in [0.4, 0.5) is 0 Å². The molecule has 37 heavy (non-hydrogen) atoms. The Hall–Kier alpha value is -2.67. The fourth-order valence-corrected chi connectivity index (χ4v) is 4.69. The predicted molar refractivity (Wildman–Crippen MR) is 143 cm³/mol. The number of likely N-dealkylation sites (N-methyl/N-ethyl adjacent to an activating group) is 1. The molecule has 1 N–H and O–H groups in total. The molecule has 9 nitrogen and oxygen atoms in total. The third kappa shape index (κ3) is 8.16. The summed E-state index contributed by atoms with van der Waals surface area (Å²) in [6.45, 7) is 7.98. The summed E-state index contributed by atoms with van der Waals surface area (Å²) in [6, 6.07) is 1.35. The molecule has 0 aliphatic carbocycles. The first-order valence-electron chi connectivity index (χ1n) is 13.4. The topological polar surface area (TPSA) is 89.5 Å². The molecule has 2 aliphatic rings.